The van der Waals surface area contributed by atoms with Gasteiger partial charge in [-0.3, -0.25) is 0 Å². The van der Waals surface area contributed by atoms with E-state index >= 15 is 0 Å². The minimum atomic E-state index is -4.44. The fourth-order valence-corrected chi connectivity index (χ4v) is 3.00. The van der Waals surface area contributed by atoms with Crippen LogP contribution in [0.4, 0.5) is 13.2 Å². The van der Waals surface area contributed by atoms with Crippen LogP contribution in [0.25, 0.3) is 0 Å². The predicted molar refractivity (Wildman–Crippen MR) is 76.0 cm³/mol. The van der Waals surface area contributed by atoms with Gasteiger partial charge in [0.05, 0.1) is 13.2 Å². The lowest BCUT2D eigenvalue weighted by atomic mass is 10.0. The van der Waals surface area contributed by atoms with Gasteiger partial charge in [0, 0.05) is 21.7 Å². The van der Waals surface area contributed by atoms with Crippen molar-refractivity contribution in [3.8, 4) is 5.75 Å². The SMILES string of the molecule is CNC(c1cnc(C(F)(F)F)s1)c1ccc(Cl)cc1OC. The number of aromatic nitrogens is 1. The molecular formula is C13H12ClF3N2OS. The first-order chi connectivity index (χ1) is 9.86. The highest BCUT2D eigenvalue weighted by molar-refractivity contribution is 7.11. The van der Waals surface area contributed by atoms with Crippen molar-refractivity contribution < 1.29 is 17.9 Å². The van der Waals surface area contributed by atoms with E-state index in [-0.39, 0.29) is 0 Å². The third-order valence-corrected chi connectivity index (χ3v) is 4.19. The second kappa shape index (κ2) is 6.21. The molecule has 0 amide bonds. The number of halogens is 4. The van der Waals surface area contributed by atoms with E-state index in [1.165, 1.54) is 13.3 Å². The minimum absolute atomic E-state index is 0.449. The number of benzene rings is 1. The lowest BCUT2D eigenvalue weighted by molar-refractivity contribution is -0.137. The molecule has 2 rings (SSSR count). The van der Waals surface area contributed by atoms with Gasteiger partial charge in [0.15, 0.2) is 5.01 Å². The zero-order valence-corrected chi connectivity index (χ0v) is 12.7. The molecule has 1 atom stereocenters. The maximum absolute atomic E-state index is 12.7. The van der Waals surface area contributed by atoms with E-state index in [4.69, 9.17) is 16.3 Å². The van der Waals surface area contributed by atoms with Gasteiger partial charge in [-0.05, 0) is 19.2 Å². The van der Waals surface area contributed by atoms with Crippen LogP contribution in [-0.2, 0) is 6.18 Å². The van der Waals surface area contributed by atoms with Crippen LogP contribution < -0.4 is 10.1 Å². The first kappa shape index (κ1) is 16.1. The van der Waals surface area contributed by atoms with Crippen LogP contribution >= 0.6 is 22.9 Å². The number of hydrogen-bond acceptors (Lipinski definition) is 4. The van der Waals surface area contributed by atoms with Crippen molar-refractivity contribution in [2.75, 3.05) is 14.2 Å². The van der Waals surface area contributed by atoms with Crippen LogP contribution in [0.1, 0.15) is 21.5 Å². The van der Waals surface area contributed by atoms with Crippen LogP contribution in [0, 0.1) is 0 Å². The molecule has 0 radical (unpaired) electrons. The summed E-state index contributed by atoms with van der Waals surface area (Å²) in [5.74, 6) is 0.504. The van der Waals surface area contributed by atoms with Gasteiger partial charge in [-0.15, -0.1) is 11.3 Å². The Bertz CT molecular complexity index is 630. The maximum atomic E-state index is 12.7. The van der Waals surface area contributed by atoms with E-state index in [0.717, 1.165) is 0 Å². The summed E-state index contributed by atoms with van der Waals surface area (Å²) in [7, 11) is 3.14. The van der Waals surface area contributed by atoms with Crippen molar-refractivity contribution in [1.29, 1.82) is 0 Å². The van der Waals surface area contributed by atoms with E-state index < -0.39 is 17.2 Å². The van der Waals surface area contributed by atoms with Crippen LogP contribution in [-0.4, -0.2) is 19.1 Å². The Balaban J connectivity index is 2.42. The van der Waals surface area contributed by atoms with Crippen molar-refractivity contribution in [2.45, 2.75) is 12.2 Å². The third kappa shape index (κ3) is 3.48. The summed E-state index contributed by atoms with van der Waals surface area (Å²) in [5, 5.41) is 2.60. The summed E-state index contributed by atoms with van der Waals surface area (Å²) in [6.45, 7) is 0. The molecule has 1 aromatic carbocycles. The molecule has 1 N–H and O–H groups in total. The van der Waals surface area contributed by atoms with Crippen LogP contribution in [0.2, 0.25) is 5.02 Å². The summed E-state index contributed by atoms with van der Waals surface area (Å²) in [5.41, 5.74) is 0.696. The largest absolute Gasteiger partial charge is 0.496 e. The quantitative estimate of drug-likeness (QED) is 0.911. The van der Waals surface area contributed by atoms with Crippen molar-refractivity contribution in [3.05, 3.63) is 44.9 Å². The van der Waals surface area contributed by atoms with Gasteiger partial charge < -0.3 is 10.1 Å². The highest BCUT2D eigenvalue weighted by Gasteiger charge is 2.35. The van der Waals surface area contributed by atoms with Gasteiger partial charge in [-0.25, -0.2) is 4.98 Å². The summed E-state index contributed by atoms with van der Waals surface area (Å²) in [4.78, 5) is 3.89. The number of ether oxygens (including phenoxy) is 1. The van der Waals surface area contributed by atoms with E-state index in [1.807, 2.05) is 0 Å². The Morgan fingerprint density at radius 3 is 2.62 bits per heavy atom. The number of thiazole rings is 1. The first-order valence-electron chi connectivity index (χ1n) is 5.90. The molecule has 0 spiro atoms. The predicted octanol–water partition coefficient (Wildman–Crippen LogP) is 4.13. The van der Waals surface area contributed by atoms with E-state index in [1.54, 1.807) is 25.2 Å². The monoisotopic (exact) mass is 336 g/mol. The lowest BCUT2D eigenvalue weighted by Crippen LogP contribution is -2.17. The Morgan fingerprint density at radius 2 is 2.10 bits per heavy atom. The van der Waals surface area contributed by atoms with Crippen LogP contribution in [0.3, 0.4) is 0 Å². The Hall–Kier alpha value is -1.31. The molecule has 1 unspecified atom stereocenters. The topological polar surface area (TPSA) is 34.2 Å². The van der Waals surface area contributed by atoms with E-state index in [0.29, 0.717) is 32.5 Å². The minimum Gasteiger partial charge on any atom is -0.496 e. The van der Waals surface area contributed by atoms with Crippen molar-refractivity contribution in [1.82, 2.24) is 10.3 Å². The van der Waals surface area contributed by atoms with Gasteiger partial charge in [-0.2, -0.15) is 13.2 Å². The van der Waals surface area contributed by atoms with Crippen molar-refractivity contribution >= 4 is 22.9 Å². The fraction of sp³-hybridized carbons (Fsp3) is 0.308. The maximum Gasteiger partial charge on any atom is 0.443 e. The number of nitrogens with one attached hydrogen (secondary N) is 1. The van der Waals surface area contributed by atoms with E-state index in [2.05, 4.69) is 10.3 Å². The Kier molecular flexibility index (Phi) is 4.75. The molecule has 2 aromatic rings. The van der Waals surface area contributed by atoms with Gasteiger partial charge in [0.1, 0.15) is 5.75 Å². The highest BCUT2D eigenvalue weighted by atomic mass is 35.5. The second-order valence-electron chi connectivity index (χ2n) is 4.17. The summed E-state index contributed by atoms with van der Waals surface area (Å²) >= 11 is 6.50. The number of alkyl halides is 3. The summed E-state index contributed by atoms with van der Waals surface area (Å²) in [6, 6.07) is 4.54. The molecule has 0 fully saturated rings. The number of methoxy groups -OCH3 is 1. The first-order valence-corrected chi connectivity index (χ1v) is 7.10. The smallest absolute Gasteiger partial charge is 0.443 e. The zero-order valence-electron chi connectivity index (χ0n) is 11.2. The molecule has 1 heterocycles. The highest BCUT2D eigenvalue weighted by Crippen LogP contribution is 2.38. The molecule has 0 saturated heterocycles. The summed E-state index contributed by atoms with van der Waals surface area (Å²) in [6.07, 6.45) is -3.21. The Labute approximate surface area is 128 Å². The molecule has 3 nitrogen and oxygen atoms in total. The van der Waals surface area contributed by atoms with Crippen molar-refractivity contribution in [3.63, 3.8) is 0 Å². The molecule has 114 valence electrons. The number of hydrogen-bond donors (Lipinski definition) is 1. The average Bonchev–Trinajstić information content (AvgIpc) is 2.90. The molecule has 0 aliphatic carbocycles. The Morgan fingerprint density at radius 1 is 1.38 bits per heavy atom. The van der Waals surface area contributed by atoms with Gasteiger partial charge in [0.2, 0.25) is 0 Å². The van der Waals surface area contributed by atoms with Gasteiger partial charge >= 0.3 is 6.18 Å². The van der Waals surface area contributed by atoms with Crippen LogP contribution in [0.5, 0.6) is 5.75 Å². The van der Waals surface area contributed by atoms with E-state index in [9.17, 15) is 13.2 Å². The molecule has 0 bridgehead atoms. The number of rotatable bonds is 4. The summed E-state index contributed by atoms with van der Waals surface area (Å²) < 4.78 is 43.2. The third-order valence-electron chi connectivity index (χ3n) is 2.85. The normalized spacial score (nSPS) is 13.2. The standard InChI is InChI=1S/C13H12ClF3N2OS/c1-18-11(8-4-3-7(14)5-9(8)20-2)10-6-19-12(21-10)13(15,16)17/h3-6,11,18H,1-2H3. The number of nitrogens with zero attached hydrogens (tertiary/aromatic N) is 1. The fourth-order valence-electron chi connectivity index (χ4n) is 1.93. The molecule has 0 saturated carbocycles. The lowest BCUT2D eigenvalue weighted by Gasteiger charge is -2.18. The molecule has 0 aliphatic rings. The molecular weight excluding hydrogens is 325 g/mol. The molecule has 21 heavy (non-hydrogen) atoms. The van der Waals surface area contributed by atoms with Crippen molar-refractivity contribution in [2.24, 2.45) is 0 Å². The van der Waals surface area contributed by atoms with Gasteiger partial charge in [0.25, 0.3) is 0 Å². The van der Waals surface area contributed by atoms with Crippen LogP contribution in [0.15, 0.2) is 24.4 Å². The van der Waals surface area contributed by atoms with Gasteiger partial charge in [-0.1, -0.05) is 17.7 Å². The molecule has 8 heteroatoms. The second-order valence-corrected chi connectivity index (χ2v) is 5.67. The molecule has 0 aliphatic heterocycles. The zero-order chi connectivity index (χ0) is 15.6. The molecule has 1 aromatic heterocycles. The average molecular weight is 337 g/mol.